The molecule has 1 aliphatic heterocycles. The topological polar surface area (TPSA) is 87.1 Å². The van der Waals surface area contributed by atoms with Crippen molar-refractivity contribution >= 4 is 17.4 Å². The van der Waals surface area contributed by atoms with Crippen LogP contribution in [0.2, 0.25) is 0 Å². The number of aromatic hydroxyl groups is 1. The van der Waals surface area contributed by atoms with Gasteiger partial charge in [-0.25, -0.2) is 0 Å². The Labute approximate surface area is 170 Å². The number of nitrogens with zero attached hydrogens (tertiary/aromatic N) is 1. The SMILES string of the molecule is CCCCN1C(=O)C(=O)/C(=C(\O)c2ccc(OC)cc2C)C1c1cccc(O)c1. The molecule has 1 aliphatic rings. The highest BCUT2D eigenvalue weighted by molar-refractivity contribution is 6.46. The number of phenols is 1. The number of ether oxygens (including phenoxy) is 1. The van der Waals surface area contributed by atoms with E-state index in [0.717, 1.165) is 18.4 Å². The van der Waals surface area contributed by atoms with E-state index < -0.39 is 17.7 Å². The molecule has 1 heterocycles. The highest BCUT2D eigenvalue weighted by atomic mass is 16.5. The number of hydrogen-bond donors (Lipinski definition) is 2. The molecule has 1 atom stereocenters. The van der Waals surface area contributed by atoms with Gasteiger partial charge in [-0.1, -0.05) is 25.5 Å². The fourth-order valence-electron chi connectivity index (χ4n) is 3.65. The largest absolute Gasteiger partial charge is 0.508 e. The van der Waals surface area contributed by atoms with Crippen molar-refractivity contribution in [2.45, 2.75) is 32.7 Å². The van der Waals surface area contributed by atoms with Crippen LogP contribution in [-0.4, -0.2) is 40.5 Å². The van der Waals surface area contributed by atoms with Crippen LogP contribution in [0.25, 0.3) is 5.76 Å². The van der Waals surface area contributed by atoms with Crippen LogP contribution < -0.4 is 4.74 Å². The van der Waals surface area contributed by atoms with Gasteiger partial charge in [-0.2, -0.15) is 0 Å². The Hall–Kier alpha value is -3.28. The summed E-state index contributed by atoms with van der Waals surface area (Å²) < 4.78 is 5.20. The second-order valence-electron chi connectivity index (χ2n) is 7.12. The Morgan fingerprint density at radius 3 is 2.55 bits per heavy atom. The Bertz CT molecular complexity index is 979. The van der Waals surface area contributed by atoms with Crippen molar-refractivity contribution in [3.05, 3.63) is 64.7 Å². The van der Waals surface area contributed by atoms with Crippen LogP contribution in [0.5, 0.6) is 11.5 Å². The second kappa shape index (κ2) is 8.39. The van der Waals surface area contributed by atoms with Gasteiger partial charge in [-0.3, -0.25) is 9.59 Å². The van der Waals surface area contributed by atoms with E-state index >= 15 is 0 Å². The Kier molecular flexibility index (Phi) is 5.92. The summed E-state index contributed by atoms with van der Waals surface area (Å²) in [5, 5.41) is 21.0. The summed E-state index contributed by atoms with van der Waals surface area (Å²) in [7, 11) is 1.55. The quantitative estimate of drug-likeness (QED) is 0.440. The Morgan fingerprint density at radius 2 is 1.93 bits per heavy atom. The molecule has 0 aliphatic carbocycles. The highest BCUT2D eigenvalue weighted by Gasteiger charge is 2.45. The van der Waals surface area contributed by atoms with Crippen molar-refractivity contribution in [1.29, 1.82) is 0 Å². The summed E-state index contributed by atoms with van der Waals surface area (Å²) in [5.74, 6) is -0.922. The second-order valence-corrected chi connectivity index (χ2v) is 7.12. The number of hydrogen-bond acceptors (Lipinski definition) is 5. The number of unbranched alkanes of at least 4 members (excludes halogenated alkanes) is 1. The minimum Gasteiger partial charge on any atom is -0.508 e. The normalized spacial score (nSPS) is 18.3. The number of phenolic OH excluding ortho intramolecular Hbond substituents is 1. The number of Topliss-reactive ketones (excluding diaryl/α,β-unsaturated/α-hetero) is 1. The number of methoxy groups -OCH3 is 1. The van der Waals surface area contributed by atoms with Crippen LogP contribution in [0, 0.1) is 6.92 Å². The number of carbonyl (C=O) groups is 2. The van der Waals surface area contributed by atoms with E-state index in [1.54, 1.807) is 44.4 Å². The van der Waals surface area contributed by atoms with Gasteiger partial charge in [0.05, 0.1) is 18.7 Å². The molecule has 0 saturated carbocycles. The lowest BCUT2D eigenvalue weighted by Gasteiger charge is -2.25. The number of aryl methyl sites for hydroxylation is 1. The molecule has 3 rings (SSSR count). The maximum absolute atomic E-state index is 12.9. The summed E-state index contributed by atoms with van der Waals surface area (Å²) in [4.78, 5) is 27.1. The molecule has 1 amide bonds. The molecule has 2 aromatic rings. The summed E-state index contributed by atoms with van der Waals surface area (Å²) in [6.07, 6.45) is 1.58. The van der Waals surface area contributed by atoms with Crippen LogP contribution in [-0.2, 0) is 9.59 Å². The maximum Gasteiger partial charge on any atom is 0.295 e. The van der Waals surface area contributed by atoms with Gasteiger partial charge in [0.2, 0.25) is 0 Å². The van der Waals surface area contributed by atoms with Crippen molar-refractivity contribution < 1.29 is 24.5 Å². The molecule has 6 heteroatoms. The number of ketones is 1. The number of aliphatic hydroxyl groups is 1. The van der Waals surface area contributed by atoms with Crippen LogP contribution in [0.4, 0.5) is 0 Å². The van der Waals surface area contributed by atoms with Crippen molar-refractivity contribution in [1.82, 2.24) is 4.90 Å². The first-order chi connectivity index (χ1) is 13.9. The molecule has 152 valence electrons. The van der Waals surface area contributed by atoms with Crippen molar-refractivity contribution in [2.24, 2.45) is 0 Å². The van der Waals surface area contributed by atoms with Gasteiger partial charge >= 0.3 is 0 Å². The summed E-state index contributed by atoms with van der Waals surface area (Å²) in [6, 6.07) is 10.8. The molecule has 0 radical (unpaired) electrons. The van der Waals surface area contributed by atoms with Gasteiger partial charge in [0.15, 0.2) is 0 Å². The highest BCUT2D eigenvalue weighted by Crippen LogP contribution is 2.40. The molecule has 0 spiro atoms. The number of benzene rings is 2. The number of aliphatic hydroxyl groups excluding tert-OH is 1. The Morgan fingerprint density at radius 1 is 1.17 bits per heavy atom. The van der Waals surface area contributed by atoms with Crippen molar-refractivity contribution in [2.75, 3.05) is 13.7 Å². The fraction of sp³-hybridized carbons (Fsp3) is 0.304. The zero-order chi connectivity index (χ0) is 21.1. The lowest BCUT2D eigenvalue weighted by Crippen LogP contribution is -2.30. The smallest absolute Gasteiger partial charge is 0.295 e. The van der Waals surface area contributed by atoms with E-state index in [1.807, 2.05) is 6.92 Å². The van der Waals surface area contributed by atoms with E-state index in [4.69, 9.17) is 4.74 Å². The van der Waals surface area contributed by atoms with Gasteiger partial charge in [-0.15, -0.1) is 0 Å². The van der Waals surface area contributed by atoms with Gasteiger partial charge in [0.1, 0.15) is 17.3 Å². The molecule has 6 nitrogen and oxygen atoms in total. The first-order valence-electron chi connectivity index (χ1n) is 9.61. The minimum absolute atomic E-state index is 0.0317. The van der Waals surface area contributed by atoms with Gasteiger partial charge in [0.25, 0.3) is 11.7 Å². The molecule has 2 aromatic carbocycles. The predicted molar refractivity (Wildman–Crippen MR) is 110 cm³/mol. The summed E-state index contributed by atoms with van der Waals surface area (Å²) >= 11 is 0. The molecule has 2 N–H and O–H groups in total. The first-order valence-corrected chi connectivity index (χ1v) is 9.61. The number of rotatable bonds is 6. The third-order valence-electron chi connectivity index (χ3n) is 5.17. The monoisotopic (exact) mass is 395 g/mol. The van der Waals surface area contributed by atoms with Crippen molar-refractivity contribution in [3.8, 4) is 11.5 Å². The molecular weight excluding hydrogens is 370 g/mol. The minimum atomic E-state index is -0.754. The van der Waals surface area contributed by atoms with E-state index in [0.29, 0.717) is 23.4 Å². The van der Waals surface area contributed by atoms with Crippen LogP contribution in [0.1, 0.15) is 42.5 Å². The molecule has 29 heavy (non-hydrogen) atoms. The molecule has 0 bridgehead atoms. The third kappa shape index (κ3) is 3.83. The van der Waals surface area contributed by atoms with Gasteiger partial charge < -0.3 is 19.8 Å². The van der Waals surface area contributed by atoms with E-state index in [1.165, 1.54) is 17.0 Å². The summed E-state index contributed by atoms with van der Waals surface area (Å²) in [5.41, 5.74) is 1.79. The summed E-state index contributed by atoms with van der Waals surface area (Å²) in [6.45, 7) is 4.19. The van der Waals surface area contributed by atoms with Gasteiger partial charge in [-0.05, 0) is 54.8 Å². The first kappa shape index (κ1) is 20.5. The lowest BCUT2D eigenvalue weighted by atomic mass is 9.93. The number of amides is 1. The molecule has 0 aromatic heterocycles. The number of likely N-dealkylation sites (tertiary alicyclic amines) is 1. The van der Waals surface area contributed by atoms with E-state index in [2.05, 4.69) is 0 Å². The van der Waals surface area contributed by atoms with Crippen LogP contribution >= 0.6 is 0 Å². The predicted octanol–water partition coefficient (Wildman–Crippen LogP) is 3.93. The van der Waals surface area contributed by atoms with Crippen LogP contribution in [0.15, 0.2) is 48.0 Å². The molecule has 1 saturated heterocycles. The van der Waals surface area contributed by atoms with Crippen LogP contribution in [0.3, 0.4) is 0 Å². The Balaban J connectivity index is 2.19. The lowest BCUT2D eigenvalue weighted by molar-refractivity contribution is -0.139. The standard InChI is InChI=1S/C23H25NO5/c1-4-5-11-24-20(15-7-6-8-16(25)13-15)19(22(27)23(24)28)21(26)18-10-9-17(29-3)12-14(18)2/h6-10,12-13,20,25-26H,4-5,11H2,1-3H3/b21-19-. The zero-order valence-electron chi connectivity index (χ0n) is 16.8. The average Bonchev–Trinajstić information content (AvgIpc) is 2.96. The maximum atomic E-state index is 12.9. The molecule has 1 unspecified atom stereocenters. The average molecular weight is 395 g/mol. The third-order valence-corrected chi connectivity index (χ3v) is 5.17. The fourth-order valence-corrected chi connectivity index (χ4v) is 3.65. The molecule has 1 fully saturated rings. The molecular formula is C23H25NO5. The van der Waals surface area contributed by atoms with E-state index in [-0.39, 0.29) is 17.1 Å². The number of carbonyl (C=O) groups excluding carboxylic acids is 2. The zero-order valence-corrected chi connectivity index (χ0v) is 16.8. The van der Waals surface area contributed by atoms with Crippen molar-refractivity contribution in [3.63, 3.8) is 0 Å². The van der Waals surface area contributed by atoms with E-state index in [9.17, 15) is 19.8 Å². The van der Waals surface area contributed by atoms with Gasteiger partial charge in [0, 0.05) is 12.1 Å².